The Bertz CT molecular complexity index is 817. The number of hydrogen-bond donors (Lipinski definition) is 2. The highest BCUT2D eigenvalue weighted by Crippen LogP contribution is 2.19. The molecule has 128 valence electrons. The van der Waals surface area contributed by atoms with E-state index in [1.807, 2.05) is 30.3 Å². The van der Waals surface area contributed by atoms with E-state index >= 15 is 0 Å². The summed E-state index contributed by atoms with van der Waals surface area (Å²) in [5, 5.41) is 8.03. The molecule has 2 rings (SSSR count). The summed E-state index contributed by atoms with van der Waals surface area (Å²) in [6.45, 7) is 4.31. The number of aryl methyl sites for hydroxylation is 1. The maximum Gasteiger partial charge on any atom is 0.251 e. The van der Waals surface area contributed by atoms with Crippen LogP contribution in [0.15, 0.2) is 53.4 Å². The third kappa shape index (κ3) is 4.43. The van der Waals surface area contributed by atoms with E-state index in [1.54, 1.807) is 13.0 Å². The van der Waals surface area contributed by atoms with Gasteiger partial charge in [-0.1, -0.05) is 43.3 Å². The number of hydrogen-bond acceptors (Lipinski definition) is 3. The van der Waals surface area contributed by atoms with Crippen LogP contribution in [0.2, 0.25) is 0 Å². The molecule has 5 nitrogen and oxygen atoms in total. The van der Waals surface area contributed by atoms with E-state index in [2.05, 4.69) is 12.2 Å². The zero-order valence-corrected chi connectivity index (χ0v) is 14.6. The number of rotatable bonds is 6. The maximum absolute atomic E-state index is 12.4. The number of amides is 1. The molecule has 6 heteroatoms. The quantitative estimate of drug-likeness (QED) is 0.842. The smallest absolute Gasteiger partial charge is 0.251 e. The zero-order valence-electron chi connectivity index (χ0n) is 13.8. The van der Waals surface area contributed by atoms with Crippen LogP contribution in [0.5, 0.6) is 0 Å². The predicted octanol–water partition coefficient (Wildman–Crippen LogP) is 2.57. The highest BCUT2D eigenvalue weighted by molar-refractivity contribution is 7.89. The molecule has 24 heavy (non-hydrogen) atoms. The molecule has 0 fully saturated rings. The molecule has 0 radical (unpaired) electrons. The molecule has 0 aliphatic carbocycles. The van der Waals surface area contributed by atoms with E-state index in [0.717, 1.165) is 12.0 Å². The largest absolute Gasteiger partial charge is 0.351 e. The van der Waals surface area contributed by atoms with Crippen LogP contribution in [0.3, 0.4) is 0 Å². The summed E-state index contributed by atoms with van der Waals surface area (Å²) >= 11 is 0. The topological polar surface area (TPSA) is 89.3 Å². The Hall–Kier alpha value is -2.18. The number of carbonyl (C=O) groups is 1. The van der Waals surface area contributed by atoms with Gasteiger partial charge in [-0.05, 0) is 36.6 Å². The van der Waals surface area contributed by atoms with Gasteiger partial charge in [0.1, 0.15) is 0 Å². The minimum atomic E-state index is -3.83. The van der Waals surface area contributed by atoms with Crippen LogP contribution >= 0.6 is 0 Å². The minimum absolute atomic E-state index is 0.0617. The van der Waals surface area contributed by atoms with Gasteiger partial charge in [0.15, 0.2) is 0 Å². The molecule has 0 aliphatic heterocycles. The number of benzene rings is 2. The Labute approximate surface area is 142 Å². The second-order valence-electron chi connectivity index (χ2n) is 5.75. The Balaban J connectivity index is 2.15. The SMILES string of the molecule is CCC(CNC(=O)c1cc(S(N)(=O)=O)ccc1C)c1ccccc1. The minimum Gasteiger partial charge on any atom is -0.351 e. The summed E-state index contributed by atoms with van der Waals surface area (Å²) in [5.41, 5.74) is 2.19. The fourth-order valence-electron chi connectivity index (χ4n) is 2.56. The first-order chi connectivity index (χ1) is 11.3. The van der Waals surface area contributed by atoms with Crippen LogP contribution in [-0.2, 0) is 10.0 Å². The number of sulfonamides is 1. The molecule has 2 aromatic rings. The van der Waals surface area contributed by atoms with Crippen molar-refractivity contribution >= 4 is 15.9 Å². The average molecular weight is 346 g/mol. The lowest BCUT2D eigenvalue weighted by molar-refractivity contribution is 0.0950. The monoisotopic (exact) mass is 346 g/mol. The van der Waals surface area contributed by atoms with E-state index in [-0.39, 0.29) is 16.7 Å². The van der Waals surface area contributed by atoms with Crippen LogP contribution in [0.1, 0.15) is 40.7 Å². The van der Waals surface area contributed by atoms with Gasteiger partial charge in [-0.25, -0.2) is 13.6 Å². The first-order valence-corrected chi connectivity index (χ1v) is 9.34. The zero-order chi connectivity index (χ0) is 17.7. The summed E-state index contributed by atoms with van der Waals surface area (Å²) in [6, 6.07) is 14.3. The van der Waals surface area contributed by atoms with Gasteiger partial charge in [-0.15, -0.1) is 0 Å². The lowest BCUT2D eigenvalue weighted by atomic mass is 9.96. The maximum atomic E-state index is 12.4. The van der Waals surface area contributed by atoms with Gasteiger partial charge in [0.05, 0.1) is 4.90 Å². The van der Waals surface area contributed by atoms with Crippen LogP contribution in [0.25, 0.3) is 0 Å². The molecule has 0 aliphatic rings. The molecule has 2 aromatic carbocycles. The van der Waals surface area contributed by atoms with Crippen LogP contribution in [0.4, 0.5) is 0 Å². The predicted molar refractivity (Wildman–Crippen MR) is 94.4 cm³/mol. The van der Waals surface area contributed by atoms with Crippen LogP contribution in [0, 0.1) is 6.92 Å². The summed E-state index contributed by atoms with van der Waals surface area (Å²) in [6.07, 6.45) is 0.889. The van der Waals surface area contributed by atoms with E-state index in [9.17, 15) is 13.2 Å². The van der Waals surface area contributed by atoms with Crippen molar-refractivity contribution in [1.29, 1.82) is 0 Å². The second-order valence-corrected chi connectivity index (χ2v) is 7.31. The normalized spacial score (nSPS) is 12.6. The van der Waals surface area contributed by atoms with Gasteiger partial charge in [0, 0.05) is 18.0 Å². The number of primary sulfonamides is 1. The molecule has 0 bridgehead atoms. The van der Waals surface area contributed by atoms with Crippen molar-refractivity contribution < 1.29 is 13.2 Å². The van der Waals surface area contributed by atoms with E-state index < -0.39 is 10.0 Å². The molecule has 1 amide bonds. The highest BCUT2D eigenvalue weighted by Gasteiger charge is 2.16. The average Bonchev–Trinajstić information content (AvgIpc) is 2.55. The lowest BCUT2D eigenvalue weighted by Crippen LogP contribution is -2.29. The van der Waals surface area contributed by atoms with Crippen molar-refractivity contribution in [3.63, 3.8) is 0 Å². The third-order valence-electron chi connectivity index (χ3n) is 4.05. The molecule has 0 saturated carbocycles. The van der Waals surface area contributed by atoms with Gasteiger partial charge < -0.3 is 5.32 Å². The molecule has 0 aromatic heterocycles. The van der Waals surface area contributed by atoms with Crippen molar-refractivity contribution in [3.8, 4) is 0 Å². The Morgan fingerprint density at radius 2 is 1.83 bits per heavy atom. The lowest BCUT2D eigenvalue weighted by Gasteiger charge is -2.17. The molecule has 0 saturated heterocycles. The van der Waals surface area contributed by atoms with Crippen molar-refractivity contribution in [2.75, 3.05) is 6.54 Å². The number of carbonyl (C=O) groups excluding carboxylic acids is 1. The second kappa shape index (κ2) is 7.59. The van der Waals surface area contributed by atoms with Crippen molar-refractivity contribution in [2.45, 2.75) is 31.1 Å². The third-order valence-corrected chi connectivity index (χ3v) is 4.97. The van der Waals surface area contributed by atoms with E-state index in [4.69, 9.17) is 5.14 Å². The Kier molecular flexibility index (Phi) is 5.75. The number of nitrogens with two attached hydrogens (primary N) is 1. The van der Waals surface area contributed by atoms with Crippen LogP contribution in [-0.4, -0.2) is 20.9 Å². The molecular formula is C18H22N2O3S. The van der Waals surface area contributed by atoms with Gasteiger partial charge in [-0.3, -0.25) is 4.79 Å². The van der Waals surface area contributed by atoms with E-state index in [0.29, 0.717) is 17.7 Å². The summed E-state index contributed by atoms with van der Waals surface area (Å²) in [4.78, 5) is 12.4. The fraction of sp³-hybridized carbons (Fsp3) is 0.278. The van der Waals surface area contributed by atoms with Crippen molar-refractivity contribution in [3.05, 3.63) is 65.2 Å². The van der Waals surface area contributed by atoms with Gasteiger partial charge in [-0.2, -0.15) is 0 Å². The summed E-state index contributed by atoms with van der Waals surface area (Å²) in [7, 11) is -3.83. The fourth-order valence-corrected chi connectivity index (χ4v) is 3.10. The van der Waals surface area contributed by atoms with Gasteiger partial charge in [0.25, 0.3) is 5.91 Å². The van der Waals surface area contributed by atoms with Crippen molar-refractivity contribution in [1.82, 2.24) is 5.32 Å². The molecule has 1 unspecified atom stereocenters. The molecule has 0 heterocycles. The first kappa shape index (κ1) is 18.2. The molecular weight excluding hydrogens is 324 g/mol. The summed E-state index contributed by atoms with van der Waals surface area (Å²) < 4.78 is 22.9. The highest BCUT2D eigenvalue weighted by atomic mass is 32.2. The van der Waals surface area contributed by atoms with Gasteiger partial charge in [0.2, 0.25) is 10.0 Å². The first-order valence-electron chi connectivity index (χ1n) is 7.79. The summed E-state index contributed by atoms with van der Waals surface area (Å²) in [5.74, 6) is -0.0933. The number of nitrogens with one attached hydrogen (secondary N) is 1. The molecule has 3 N–H and O–H groups in total. The van der Waals surface area contributed by atoms with Gasteiger partial charge >= 0.3 is 0 Å². The molecule has 0 spiro atoms. The van der Waals surface area contributed by atoms with Crippen LogP contribution < -0.4 is 10.5 Å². The van der Waals surface area contributed by atoms with Crippen molar-refractivity contribution in [2.24, 2.45) is 5.14 Å². The standard InChI is InChI=1S/C18H22N2O3S/c1-3-14(15-7-5-4-6-8-15)12-20-18(21)17-11-16(24(19,22)23)10-9-13(17)2/h4-11,14H,3,12H2,1-2H3,(H,20,21)(H2,19,22,23). The Morgan fingerprint density at radius 1 is 1.17 bits per heavy atom. The van der Waals surface area contributed by atoms with E-state index in [1.165, 1.54) is 12.1 Å². The Morgan fingerprint density at radius 3 is 2.42 bits per heavy atom. The molecule has 1 atom stereocenters.